The summed E-state index contributed by atoms with van der Waals surface area (Å²) in [6.07, 6.45) is 3.97. The van der Waals surface area contributed by atoms with Crippen molar-refractivity contribution in [1.29, 1.82) is 0 Å². The molecule has 1 aliphatic rings. The summed E-state index contributed by atoms with van der Waals surface area (Å²) >= 11 is 9.98. The highest BCUT2D eigenvalue weighted by molar-refractivity contribution is 7.81. The summed E-state index contributed by atoms with van der Waals surface area (Å²) in [6.45, 7) is 1.87. The second-order valence-corrected chi connectivity index (χ2v) is 6.17. The highest BCUT2D eigenvalue weighted by Gasteiger charge is 2.37. The average molecular weight is 306 g/mol. The molecule has 0 aromatic carbocycles. The maximum atomic E-state index is 13.6. The number of nitrogens with one attached hydrogen (secondary N) is 1. The lowest BCUT2D eigenvalue weighted by Gasteiger charge is -2.39. The van der Waals surface area contributed by atoms with Crippen molar-refractivity contribution in [1.82, 2.24) is 9.97 Å². The van der Waals surface area contributed by atoms with Crippen molar-refractivity contribution in [3.05, 3.63) is 17.3 Å². The number of nitrogens with zero attached hydrogens (tertiary/aromatic N) is 2. The van der Waals surface area contributed by atoms with Gasteiger partial charge in [-0.2, -0.15) is 17.6 Å². The van der Waals surface area contributed by atoms with Crippen LogP contribution < -0.4 is 5.32 Å². The standard InChI is InChI=1S/C12H17ClFN3OS/c1-7(19)12(18)4-2-3-8(5-12)16-10-9(14)6-15-11(13)17-10/h6-8,18-19H,2-5H2,1H3,(H,15,16,17)/t7?,8-,12+/m0/s1. The summed E-state index contributed by atoms with van der Waals surface area (Å²) in [5.74, 6) is -0.460. The summed E-state index contributed by atoms with van der Waals surface area (Å²) in [4.78, 5) is 7.39. The Bertz CT molecular complexity index is 463. The summed E-state index contributed by atoms with van der Waals surface area (Å²) in [5, 5.41) is 13.3. The molecule has 1 aliphatic carbocycles. The average Bonchev–Trinajstić information content (AvgIpc) is 2.34. The summed E-state index contributed by atoms with van der Waals surface area (Å²) in [5.41, 5.74) is -0.827. The van der Waals surface area contributed by atoms with Gasteiger partial charge in [0.05, 0.1) is 11.8 Å². The van der Waals surface area contributed by atoms with Crippen LogP contribution in [0.3, 0.4) is 0 Å². The van der Waals surface area contributed by atoms with Crippen LogP contribution >= 0.6 is 24.2 Å². The van der Waals surface area contributed by atoms with Gasteiger partial charge < -0.3 is 10.4 Å². The van der Waals surface area contributed by atoms with Gasteiger partial charge in [0, 0.05) is 11.3 Å². The van der Waals surface area contributed by atoms with Gasteiger partial charge >= 0.3 is 0 Å². The minimum atomic E-state index is -0.827. The van der Waals surface area contributed by atoms with E-state index in [-0.39, 0.29) is 22.4 Å². The fourth-order valence-electron chi connectivity index (χ4n) is 2.43. The van der Waals surface area contributed by atoms with E-state index < -0.39 is 11.4 Å². The Balaban J connectivity index is 2.09. The van der Waals surface area contributed by atoms with Crippen molar-refractivity contribution in [3.8, 4) is 0 Å². The van der Waals surface area contributed by atoms with Gasteiger partial charge in [0.15, 0.2) is 11.6 Å². The van der Waals surface area contributed by atoms with E-state index in [2.05, 4.69) is 27.9 Å². The minimum Gasteiger partial charge on any atom is -0.389 e. The van der Waals surface area contributed by atoms with E-state index in [4.69, 9.17) is 11.6 Å². The second-order valence-electron chi connectivity index (χ2n) is 5.05. The molecule has 2 rings (SSSR count). The monoisotopic (exact) mass is 305 g/mol. The molecule has 19 heavy (non-hydrogen) atoms. The smallest absolute Gasteiger partial charge is 0.224 e. The second kappa shape index (κ2) is 5.81. The van der Waals surface area contributed by atoms with E-state index in [9.17, 15) is 9.50 Å². The van der Waals surface area contributed by atoms with Gasteiger partial charge in [0.1, 0.15) is 0 Å². The summed E-state index contributed by atoms with van der Waals surface area (Å²) < 4.78 is 13.6. The molecule has 1 fully saturated rings. The molecule has 1 heterocycles. The number of hydrogen-bond acceptors (Lipinski definition) is 5. The number of thiol groups is 1. The van der Waals surface area contributed by atoms with Crippen LogP contribution in [0.1, 0.15) is 32.6 Å². The van der Waals surface area contributed by atoms with E-state index in [1.807, 2.05) is 6.92 Å². The lowest BCUT2D eigenvalue weighted by atomic mass is 9.80. The first kappa shape index (κ1) is 14.8. The maximum absolute atomic E-state index is 13.6. The third kappa shape index (κ3) is 3.49. The Morgan fingerprint density at radius 3 is 3.11 bits per heavy atom. The SMILES string of the molecule is CC(S)[C@@]1(O)CCC[C@H](Nc2nc(Cl)ncc2F)C1. The Labute approximate surface area is 122 Å². The molecule has 0 spiro atoms. The number of aliphatic hydroxyl groups is 1. The molecule has 1 aromatic heterocycles. The zero-order valence-electron chi connectivity index (χ0n) is 10.6. The molecule has 7 heteroatoms. The van der Waals surface area contributed by atoms with Gasteiger partial charge in [-0.05, 0) is 37.3 Å². The van der Waals surface area contributed by atoms with Crippen LogP contribution in [0.15, 0.2) is 6.20 Å². The lowest BCUT2D eigenvalue weighted by Crippen LogP contribution is -2.46. The highest BCUT2D eigenvalue weighted by atomic mass is 35.5. The normalized spacial score (nSPS) is 29.0. The molecule has 1 unspecified atom stereocenters. The first-order valence-electron chi connectivity index (χ1n) is 6.26. The third-order valence-electron chi connectivity index (χ3n) is 3.60. The predicted octanol–water partition coefficient (Wildman–Crippen LogP) is 2.67. The highest BCUT2D eigenvalue weighted by Crippen LogP contribution is 2.34. The Morgan fingerprint density at radius 1 is 1.68 bits per heavy atom. The van der Waals surface area contributed by atoms with Gasteiger partial charge in [-0.3, -0.25) is 0 Å². The summed E-state index contributed by atoms with van der Waals surface area (Å²) in [6, 6.07) is -0.0474. The Morgan fingerprint density at radius 2 is 2.42 bits per heavy atom. The first-order valence-corrected chi connectivity index (χ1v) is 7.15. The fraction of sp³-hybridized carbons (Fsp3) is 0.667. The van der Waals surface area contributed by atoms with Crippen LogP contribution in [0.25, 0.3) is 0 Å². The molecule has 0 amide bonds. The van der Waals surface area contributed by atoms with Gasteiger partial charge in [0.2, 0.25) is 5.28 Å². The van der Waals surface area contributed by atoms with E-state index in [1.54, 1.807) is 0 Å². The third-order valence-corrected chi connectivity index (χ3v) is 4.26. The van der Waals surface area contributed by atoms with Gasteiger partial charge in [0.25, 0.3) is 0 Å². The molecule has 0 aliphatic heterocycles. The van der Waals surface area contributed by atoms with Gasteiger partial charge in [-0.1, -0.05) is 6.92 Å². The number of halogens is 2. The molecule has 1 aromatic rings. The molecule has 2 N–H and O–H groups in total. The zero-order chi connectivity index (χ0) is 14.0. The van der Waals surface area contributed by atoms with Crippen LogP contribution in [0.2, 0.25) is 5.28 Å². The predicted molar refractivity (Wildman–Crippen MR) is 76.3 cm³/mol. The molecule has 0 bridgehead atoms. The van der Waals surface area contributed by atoms with Crippen molar-refractivity contribution in [2.75, 3.05) is 5.32 Å². The molecule has 1 saturated carbocycles. The quantitative estimate of drug-likeness (QED) is 0.593. The van der Waals surface area contributed by atoms with Crippen LogP contribution in [0.5, 0.6) is 0 Å². The van der Waals surface area contributed by atoms with Crippen molar-refractivity contribution in [3.63, 3.8) is 0 Å². The van der Waals surface area contributed by atoms with Crippen LogP contribution in [0.4, 0.5) is 10.2 Å². The molecule has 106 valence electrons. The Kier molecular flexibility index (Phi) is 4.53. The molecule has 0 radical (unpaired) electrons. The van der Waals surface area contributed by atoms with E-state index >= 15 is 0 Å². The molecular weight excluding hydrogens is 289 g/mol. The van der Waals surface area contributed by atoms with Crippen LogP contribution in [-0.2, 0) is 0 Å². The summed E-state index contributed by atoms with van der Waals surface area (Å²) in [7, 11) is 0. The van der Waals surface area contributed by atoms with Crippen molar-refractivity contribution in [2.45, 2.75) is 49.5 Å². The largest absolute Gasteiger partial charge is 0.389 e. The van der Waals surface area contributed by atoms with Gasteiger partial charge in [-0.25, -0.2) is 9.37 Å². The molecule has 3 atom stereocenters. The molecular formula is C12H17ClFN3OS. The maximum Gasteiger partial charge on any atom is 0.224 e. The fourth-order valence-corrected chi connectivity index (χ4v) is 2.80. The van der Waals surface area contributed by atoms with Crippen molar-refractivity contribution in [2.24, 2.45) is 0 Å². The van der Waals surface area contributed by atoms with Crippen LogP contribution in [0, 0.1) is 5.82 Å². The lowest BCUT2D eigenvalue weighted by molar-refractivity contribution is 0.00247. The zero-order valence-corrected chi connectivity index (χ0v) is 12.3. The number of anilines is 1. The number of rotatable bonds is 3. The van der Waals surface area contributed by atoms with E-state index in [0.29, 0.717) is 12.8 Å². The minimum absolute atomic E-state index is 0.00228. The van der Waals surface area contributed by atoms with Crippen LogP contribution in [-0.4, -0.2) is 32.0 Å². The van der Waals surface area contributed by atoms with E-state index in [0.717, 1.165) is 19.0 Å². The topological polar surface area (TPSA) is 58.0 Å². The Hall–Kier alpha value is -0.590. The first-order chi connectivity index (χ1) is 8.90. The number of aromatic nitrogens is 2. The van der Waals surface area contributed by atoms with Crippen molar-refractivity contribution >= 4 is 30.0 Å². The molecule has 0 saturated heterocycles. The van der Waals surface area contributed by atoms with E-state index in [1.165, 1.54) is 0 Å². The number of hydrogen-bond donors (Lipinski definition) is 3. The molecule has 4 nitrogen and oxygen atoms in total. The van der Waals surface area contributed by atoms with Crippen molar-refractivity contribution < 1.29 is 9.50 Å². The van der Waals surface area contributed by atoms with Gasteiger partial charge in [-0.15, -0.1) is 0 Å².